The molecule has 2 heterocycles. The van der Waals surface area contributed by atoms with Crippen molar-refractivity contribution in [1.29, 1.82) is 0 Å². The lowest BCUT2D eigenvalue weighted by Crippen LogP contribution is -2.22. The molecule has 0 fully saturated rings. The second-order valence-corrected chi connectivity index (χ2v) is 9.64. The number of nitro groups is 1. The van der Waals surface area contributed by atoms with Gasteiger partial charge in [-0.05, 0) is 55.1 Å². The molecule has 0 aliphatic heterocycles. The van der Waals surface area contributed by atoms with Gasteiger partial charge in [-0.2, -0.15) is 4.98 Å². The maximum Gasteiger partial charge on any atom is 0.353 e. The minimum atomic E-state index is -0.503. The monoisotopic (exact) mass is 516 g/mol. The van der Waals surface area contributed by atoms with Crippen LogP contribution < -0.4 is 5.69 Å². The normalized spacial score (nSPS) is 11.5. The number of rotatable bonds is 6. The summed E-state index contributed by atoms with van der Waals surface area (Å²) in [6.45, 7) is 0.850. The lowest BCUT2D eigenvalue weighted by molar-refractivity contribution is -0.384. The zero-order valence-corrected chi connectivity index (χ0v) is 21.4. The topological polar surface area (TPSA) is 94.4 Å². The lowest BCUT2D eigenvalue weighted by atomic mass is 10.0. The van der Waals surface area contributed by atoms with Crippen LogP contribution in [-0.4, -0.2) is 33.5 Å². The molecule has 192 valence electrons. The Hall–Kier alpha value is -5.08. The van der Waals surface area contributed by atoms with E-state index in [1.165, 1.54) is 22.3 Å². The van der Waals surface area contributed by atoms with Crippen molar-refractivity contribution in [1.82, 2.24) is 14.5 Å². The Labute approximate surface area is 223 Å². The lowest BCUT2D eigenvalue weighted by Gasteiger charge is -2.11. The average Bonchev–Trinajstić information content (AvgIpc) is 3.32. The van der Waals surface area contributed by atoms with Gasteiger partial charge in [0.05, 0.1) is 10.6 Å². The minimum Gasteiger partial charge on any atom is -0.452 e. The van der Waals surface area contributed by atoms with Gasteiger partial charge in [0, 0.05) is 29.6 Å². The molecule has 0 amide bonds. The van der Waals surface area contributed by atoms with E-state index in [1.807, 2.05) is 62.6 Å². The summed E-state index contributed by atoms with van der Waals surface area (Å²) in [6, 6.07) is 29.6. The Morgan fingerprint density at radius 2 is 1.56 bits per heavy atom. The molecule has 0 saturated heterocycles. The molecule has 4 aromatic carbocycles. The molecule has 2 aromatic heterocycles. The molecule has 8 nitrogen and oxygen atoms in total. The quantitative estimate of drug-likeness (QED) is 0.187. The van der Waals surface area contributed by atoms with Gasteiger partial charge < -0.3 is 9.32 Å². The molecular formula is C31H24N4O4. The van der Waals surface area contributed by atoms with Crippen molar-refractivity contribution in [2.75, 3.05) is 14.1 Å². The number of nitrogens with zero attached hydrogens (tertiary/aromatic N) is 4. The largest absolute Gasteiger partial charge is 0.452 e. The molecule has 0 spiro atoms. The molecule has 0 bridgehead atoms. The Morgan fingerprint density at radius 1 is 0.872 bits per heavy atom. The summed E-state index contributed by atoms with van der Waals surface area (Å²) in [4.78, 5) is 30.8. The highest BCUT2D eigenvalue weighted by Gasteiger charge is 2.21. The molecule has 39 heavy (non-hydrogen) atoms. The third kappa shape index (κ3) is 4.47. The highest BCUT2D eigenvalue weighted by atomic mass is 16.6. The van der Waals surface area contributed by atoms with E-state index in [9.17, 15) is 14.9 Å². The van der Waals surface area contributed by atoms with Crippen molar-refractivity contribution < 1.29 is 9.34 Å². The van der Waals surface area contributed by atoms with E-state index in [0.29, 0.717) is 28.1 Å². The zero-order chi connectivity index (χ0) is 27.1. The van der Waals surface area contributed by atoms with Gasteiger partial charge in [0.2, 0.25) is 0 Å². The van der Waals surface area contributed by atoms with E-state index in [1.54, 1.807) is 12.1 Å². The maximum atomic E-state index is 13.5. The van der Waals surface area contributed by atoms with Gasteiger partial charge in [-0.1, -0.05) is 60.7 Å². The van der Waals surface area contributed by atoms with Gasteiger partial charge in [-0.25, -0.2) is 4.79 Å². The van der Waals surface area contributed by atoms with Crippen LogP contribution in [0.15, 0.2) is 106 Å². The predicted molar refractivity (Wildman–Crippen MR) is 152 cm³/mol. The second kappa shape index (κ2) is 9.66. The first-order valence-corrected chi connectivity index (χ1v) is 12.4. The Morgan fingerprint density at radius 3 is 2.23 bits per heavy atom. The van der Waals surface area contributed by atoms with Gasteiger partial charge in [0.1, 0.15) is 16.8 Å². The van der Waals surface area contributed by atoms with E-state index < -0.39 is 10.6 Å². The van der Waals surface area contributed by atoms with Gasteiger partial charge in [0.25, 0.3) is 5.69 Å². The van der Waals surface area contributed by atoms with Crippen LogP contribution >= 0.6 is 0 Å². The highest BCUT2D eigenvalue weighted by molar-refractivity contribution is 6.08. The molecule has 0 N–H and O–H groups in total. The van der Waals surface area contributed by atoms with Crippen LogP contribution in [0.1, 0.15) is 5.56 Å². The van der Waals surface area contributed by atoms with E-state index in [0.717, 1.165) is 28.6 Å². The third-order valence-corrected chi connectivity index (χ3v) is 6.65. The first-order valence-electron chi connectivity index (χ1n) is 12.4. The smallest absolute Gasteiger partial charge is 0.353 e. The predicted octanol–water partition coefficient (Wildman–Crippen LogP) is 6.44. The summed E-state index contributed by atoms with van der Waals surface area (Å²) in [5, 5.41) is 12.0. The summed E-state index contributed by atoms with van der Waals surface area (Å²) in [5.41, 5.74) is 5.96. The van der Waals surface area contributed by atoms with Crippen LogP contribution in [0.5, 0.6) is 0 Å². The van der Waals surface area contributed by atoms with Crippen molar-refractivity contribution in [2.45, 2.75) is 6.54 Å². The summed E-state index contributed by atoms with van der Waals surface area (Å²) in [6.07, 6.45) is 0. The maximum absolute atomic E-state index is 13.5. The number of furan rings is 1. The molecular weight excluding hydrogens is 492 g/mol. The molecule has 0 atom stereocenters. The SMILES string of the molecule is CN(C)Cc1ccc(-c2ccc3oc4c(-c5ccccc5)nc(=O)n(-c5ccc([N+](=O)[O-])cc5)c4c3c2)cc1. The number of nitro benzene ring substituents is 1. The third-order valence-electron chi connectivity index (χ3n) is 6.65. The van der Waals surface area contributed by atoms with Crippen molar-refractivity contribution in [3.63, 3.8) is 0 Å². The number of fused-ring (bicyclic) bond motifs is 3. The van der Waals surface area contributed by atoms with Crippen LogP contribution in [0.25, 0.3) is 50.1 Å². The van der Waals surface area contributed by atoms with Crippen LogP contribution in [0.4, 0.5) is 5.69 Å². The fourth-order valence-electron chi connectivity index (χ4n) is 4.86. The molecule has 0 saturated carbocycles. The summed E-state index contributed by atoms with van der Waals surface area (Å²) in [5.74, 6) is 0. The van der Waals surface area contributed by atoms with E-state index >= 15 is 0 Å². The number of aromatic nitrogens is 2. The molecule has 6 rings (SSSR count). The fourth-order valence-corrected chi connectivity index (χ4v) is 4.86. The van der Waals surface area contributed by atoms with Crippen LogP contribution in [0, 0.1) is 10.1 Å². The van der Waals surface area contributed by atoms with Gasteiger partial charge in [-0.15, -0.1) is 0 Å². The van der Waals surface area contributed by atoms with E-state index in [2.05, 4.69) is 34.1 Å². The van der Waals surface area contributed by atoms with E-state index in [-0.39, 0.29) is 5.69 Å². The van der Waals surface area contributed by atoms with Crippen LogP contribution in [0.2, 0.25) is 0 Å². The van der Waals surface area contributed by atoms with Gasteiger partial charge >= 0.3 is 5.69 Å². The number of hydrogen-bond acceptors (Lipinski definition) is 6. The number of hydrogen-bond donors (Lipinski definition) is 0. The van der Waals surface area contributed by atoms with E-state index in [4.69, 9.17) is 4.42 Å². The molecule has 0 unspecified atom stereocenters. The average molecular weight is 517 g/mol. The first kappa shape index (κ1) is 24.3. The second-order valence-electron chi connectivity index (χ2n) is 9.64. The van der Waals surface area contributed by atoms with Crippen LogP contribution in [-0.2, 0) is 6.54 Å². The van der Waals surface area contributed by atoms with Crippen molar-refractivity contribution in [3.05, 3.63) is 123 Å². The minimum absolute atomic E-state index is 0.0611. The number of benzene rings is 4. The Bertz CT molecular complexity index is 1890. The summed E-state index contributed by atoms with van der Waals surface area (Å²) in [7, 11) is 4.07. The Balaban J connectivity index is 1.61. The molecule has 8 heteroatoms. The highest BCUT2D eigenvalue weighted by Crippen LogP contribution is 2.37. The summed E-state index contributed by atoms with van der Waals surface area (Å²) >= 11 is 0. The molecule has 0 aliphatic carbocycles. The summed E-state index contributed by atoms with van der Waals surface area (Å²) < 4.78 is 7.79. The van der Waals surface area contributed by atoms with Crippen molar-refractivity contribution in [2.24, 2.45) is 0 Å². The fraction of sp³-hybridized carbons (Fsp3) is 0.0968. The standard InChI is InChI=1S/C31H24N4O4/c1-33(2)19-20-8-10-21(11-9-20)23-12-17-27-26(18-23)29-30(39-27)28(22-6-4-3-5-7-22)32-31(36)34(29)24-13-15-25(16-14-24)35(37)38/h3-18H,19H2,1-2H3. The van der Waals surface area contributed by atoms with Gasteiger partial charge in [-0.3, -0.25) is 14.7 Å². The molecule has 0 radical (unpaired) electrons. The van der Waals surface area contributed by atoms with Crippen LogP contribution in [0.3, 0.4) is 0 Å². The van der Waals surface area contributed by atoms with Crippen molar-refractivity contribution in [3.8, 4) is 28.1 Å². The zero-order valence-electron chi connectivity index (χ0n) is 21.4. The van der Waals surface area contributed by atoms with Gasteiger partial charge in [0.15, 0.2) is 5.58 Å². The van der Waals surface area contributed by atoms with Crippen molar-refractivity contribution >= 4 is 27.8 Å². The molecule has 0 aliphatic rings. The first-order chi connectivity index (χ1) is 18.9. The Kier molecular flexibility index (Phi) is 6.01. The number of non-ortho nitro benzene ring substituents is 1. The molecule has 6 aromatic rings.